The zero-order chi connectivity index (χ0) is 12.5. The van der Waals surface area contributed by atoms with E-state index in [0.29, 0.717) is 24.0 Å². The summed E-state index contributed by atoms with van der Waals surface area (Å²) < 4.78 is 5.20. The Kier molecular flexibility index (Phi) is 3.12. The first-order chi connectivity index (χ1) is 8.76. The molecule has 4 nitrogen and oxygen atoms in total. The van der Waals surface area contributed by atoms with E-state index in [1.54, 1.807) is 7.11 Å². The van der Waals surface area contributed by atoms with Crippen molar-refractivity contribution < 1.29 is 4.74 Å². The first kappa shape index (κ1) is 11.8. The van der Waals surface area contributed by atoms with Gasteiger partial charge in [0, 0.05) is 31.2 Å². The molecule has 2 aliphatic rings. The predicted molar refractivity (Wildman–Crippen MR) is 72.2 cm³/mol. The van der Waals surface area contributed by atoms with Gasteiger partial charge in [-0.15, -0.1) is 0 Å². The highest BCUT2D eigenvalue weighted by atomic mass is 16.5. The molecule has 2 fully saturated rings. The molecule has 2 atom stereocenters. The van der Waals surface area contributed by atoms with Crippen LogP contribution in [0.4, 0.5) is 5.82 Å². The molecule has 0 aromatic carbocycles. The lowest BCUT2D eigenvalue weighted by Crippen LogP contribution is -2.47. The molecule has 2 saturated heterocycles. The van der Waals surface area contributed by atoms with E-state index < -0.39 is 0 Å². The molecular formula is C14H21N3O. The van der Waals surface area contributed by atoms with Gasteiger partial charge in [0.1, 0.15) is 5.82 Å². The summed E-state index contributed by atoms with van der Waals surface area (Å²) in [6, 6.07) is 7.98. The average Bonchev–Trinajstić information content (AvgIpc) is 2.76. The monoisotopic (exact) mass is 247 g/mol. The summed E-state index contributed by atoms with van der Waals surface area (Å²) in [6.07, 6.45) is 5.12. The van der Waals surface area contributed by atoms with Gasteiger partial charge < -0.3 is 15.0 Å². The van der Waals surface area contributed by atoms with Crippen LogP contribution < -0.4 is 15.0 Å². The van der Waals surface area contributed by atoms with Crippen LogP contribution in [-0.4, -0.2) is 37.3 Å². The first-order valence-electron chi connectivity index (χ1n) is 6.76. The van der Waals surface area contributed by atoms with E-state index in [4.69, 9.17) is 4.74 Å². The number of methoxy groups -OCH3 is 1. The van der Waals surface area contributed by atoms with Gasteiger partial charge in [-0.25, -0.2) is 0 Å². The number of fused-ring (bicyclic) bond motifs is 2. The third-order valence-corrected chi connectivity index (χ3v) is 4.28. The van der Waals surface area contributed by atoms with E-state index >= 15 is 0 Å². The van der Waals surface area contributed by atoms with Gasteiger partial charge in [-0.1, -0.05) is 6.07 Å². The summed E-state index contributed by atoms with van der Waals surface area (Å²) in [5, 5.41) is 3.68. The molecule has 98 valence electrons. The van der Waals surface area contributed by atoms with Crippen LogP contribution in [0, 0.1) is 0 Å². The number of aromatic nitrogens is 1. The molecule has 0 aliphatic carbocycles. The summed E-state index contributed by atoms with van der Waals surface area (Å²) in [4.78, 5) is 6.83. The minimum atomic E-state index is 0.600. The van der Waals surface area contributed by atoms with Gasteiger partial charge in [0.25, 0.3) is 0 Å². The van der Waals surface area contributed by atoms with E-state index in [2.05, 4.69) is 28.3 Å². The molecule has 4 heteroatoms. The van der Waals surface area contributed by atoms with Crippen molar-refractivity contribution in [2.45, 2.75) is 43.8 Å². The number of nitrogens with one attached hydrogen (secondary N) is 1. The molecule has 18 heavy (non-hydrogen) atoms. The zero-order valence-corrected chi connectivity index (χ0v) is 11.1. The third-order valence-electron chi connectivity index (χ3n) is 4.28. The Morgan fingerprint density at radius 2 is 2.00 bits per heavy atom. The highest BCUT2D eigenvalue weighted by Crippen LogP contribution is 2.31. The lowest BCUT2D eigenvalue weighted by molar-refractivity contribution is 0.352. The van der Waals surface area contributed by atoms with Crippen molar-refractivity contribution in [2.24, 2.45) is 0 Å². The molecule has 2 aliphatic heterocycles. The Balaban J connectivity index is 1.75. The van der Waals surface area contributed by atoms with E-state index in [0.717, 1.165) is 5.82 Å². The van der Waals surface area contributed by atoms with Crippen molar-refractivity contribution in [3.63, 3.8) is 0 Å². The summed E-state index contributed by atoms with van der Waals surface area (Å²) >= 11 is 0. The van der Waals surface area contributed by atoms with Gasteiger partial charge in [0.2, 0.25) is 5.88 Å². The number of ether oxygens (including phenoxy) is 1. The SMILES string of the molecule is COc1cccc(N(C)C2CC3CCC(C2)N3)n1. The second kappa shape index (κ2) is 4.76. The lowest BCUT2D eigenvalue weighted by atomic mass is 9.98. The molecule has 1 aromatic rings. The van der Waals surface area contributed by atoms with Crippen molar-refractivity contribution >= 4 is 5.82 Å². The van der Waals surface area contributed by atoms with E-state index in [1.807, 2.05) is 12.1 Å². The van der Waals surface area contributed by atoms with Gasteiger partial charge in [0.05, 0.1) is 7.11 Å². The largest absolute Gasteiger partial charge is 0.481 e. The van der Waals surface area contributed by atoms with Gasteiger partial charge in [-0.2, -0.15) is 4.98 Å². The van der Waals surface area contributed by atoms with Crippen LogP contribution in [-0.2, 0) is 0 Å². The van der Waals surface area contributed by atoms with Crippen LogP contribution in [0.5, 0.6) is 5.88 Å². The van der Waals surface area contributed by atoms with Crippen molar-refractivity contribution in [3.05, 3.63) is 18.2 Å². The highest BCUT2D eigenvalue weighted by Gasteiger charge is 2.35. The summed E-state index contributed by atoms with van der Waals surface area (Å²) in [6.45, 7) is 0. The normalized spacial score (nSPS) is 30.2. The second-order valence-electron chi connectivity index (χ2n) is 5.41. The molecule has 0 radical (unpaired) electrons. The van der Waals surface area contributed by atoms with E-state index in [9.17, 15) is 0 Å². The topological polar surface area (TPSA) is 37.4 Å². The van der Waals surface area contributed by atoms with Crippen molar-refractivity contribution in [1.29, 1.82) is 0 Å². The number of anilines is 1. The highest BCUT2D eigenvalue weighted by molar-refractivity contribution is 5.41. The summed E-state index contributed by atoms with van der Waals surface area (Å²) in [7, 11) is 3.81. The second-order valence-corrected chi connectivity index (χ2v) is 5.41. The van der Waals surface area contributed by atoms with Crippen LogP contribution >= 0.6 is 0 Å². The quantitative estimate of drug-likeness (QED) is 0.884. The molecule has 3 rings (SSSR count). The summed E-state index contributed by atoms with van der Waals surface area (Å²) in [5.74, 6) is 1.71. The molecule has 2 unspecified atom stereocenters. The van der Waals surface area contributed by atoms with Crippen molar-refractivity contribution in [3.8, 4) is 5.88 Å². The number of pyridine rings is 1. The van der Waals surface area contributed by atoms with Crippen molar-refractivity contribution in [1.82, 2.24) is 10.3 Å². The van der Waals surface area contributed by atoms with Crippen LogP contribution in [0.25, 0.3) is 0 Å². The first-order valence-corrected chi connectivity index (χ1v) is 6.76. The molecule has 0 amide bonds. The maximum absolute atomic E-state index is 5.20. The minimum absolute atomic E-state index is 0.600. The number of hydrogen-bond acceptors (Lipinski definition) is 4. The maximum atomic E-state index is 5.20. The Labute approximate surface area is 108 Å². The number of piperidine rings is 1. The fourth-order valence-electron chi connectivity index (χ4n) is 3.24. The molecule has 0 spiro atoms. The average molecular weight is 247 g/mol. The van der Waals surface area contributed by atoms with Gasteiger partial charge >= 0.3 is 0 Å². The predicted octanol–water partition coefficient (Wildman–Crippen LogP) is 1.81. The smallest absolute Gasteiger partial charge is 0.214 e. The van der Waals surface area contributed by atoms with E-state index in [1.165, 1.54) is 25.7 Å². The van der Waals surface area contributed by atoms with Crippen molar-refractivity contribution in [2.75, 3.05) is 19.1 Å². The number of nitrogens with zero attached hydrogens (tertiary/aromatic N) is 2. The maximum Gasteiger partial charge on any atom is 0.214 e. The number of hydrogen-bond donors (Lipinski definition) is 1. The molecule has 1 N–H and O–H groups in total. The minimum Gasteiger partial charge on any atom is -0.481 e. The van der Waals surface area contributed by atoms with Gasteiger partial charge in [0.15, 0.2) is 0 Å². The lowest BCUT2D eigenvalue weighted by Gasteiger charge is -2.36. The third kappa shape index (κ3) is 2.17. The molecular weight excluding hydrogens is 226 g/mol. The Hall–Kier alpha value is -1.29. The van der Waals surface area contributed by atoms with Crippen LogP contribution in [0.2, 0.25) is 0 Å². The fraction of sp³-hybridized carbons (Fsp3) is 0.643. The van der Waals surface area contributed by atoms with E-state index in [-0.39, 0.29) is 0 Å². The van der Waals surface area contributed by atoms with Gasteiger partial charge in [-0.3, -0.25) is 0 Å². The standard InChI is InChI=1S/C14H21N3O/c1-17(13-4-3-5-14(16-13)18-2)12-8-10-6-7-11(9-12)15-10/h3-5,10-12,15H,6-9H2,1-2H3. The van der Waals surface area contributed by atoms with Crippen LogP contribution in [0.1, 0.15) is 25.7 Å². The Bertz CT molecular complexity index is 411. The molecule has 0 saturated carbocycles. The summed E-state index contributed by atoms with van der Waals surface area (Å²) in [5.41, 5.74) is 0. The van der Waals surface area contributed by atoms with Crippen LogP contribution in [0.3, 0.4) is 0 Å². The fourth-order valence-corrected chi connectivity index (χ4v) is 3.24. The molecule has 3 heterocycles. The Morgan fingerprint density at radius 1 is 1.28 bits per heavy atom. The Morgan fingerprint density at radius 3 is 2.67 bits per heavy atom. The molecule has 1 aromatic heterocycles. The van der Waals surface area contributed by atoms with Crippen LogP contribution in [0.15, 0.2) is 18.2 Å². The number of rotatable bonds is 3. The van der Waals surface area contributed by atoms with Gasteiger partial charge in [-0.05, 0) is 31.7 Å². The molecule has 2 bridgehead atoms. The zero-order valence-electron chi connectivity index (χ0n) is 11.1.